The van der Waals surface area contributed by atoms with Crippen LogP contribution in [0.4, 0.5) is 0 Å². The fraction of sp³-hybridized carbons (Fsp3) is 0.133. The van der Waals surface area contributed by atoms with E-state index in [1.165, 1.54) is 11.8 Å². The number of benzene rings is 2. The third kappa shape index (κ3) is 3.37. The first-order valence-corrected chi connectivity index (χ1v) is 6.75. The van der Waals surface area contributed by atoms with Crippen molar-refractivity contribution in [3.05, 3.63) is 71.8 Å². The van der Waals surface area contributed by atoms with Crippen LogP contribution >= 0.6 is 11.8 Å². The van der Waals surface area contributed by atoms with E-state index in [9.17, 15) is 9.90 Å². The molecule has 1 N–H and O–H groups in total. The summed E-state index contributed by atoms with van der Waals surface area (Å²) in [7, 11) is 0. The summed E-state index contributed by atoms with van der Waals surface area (Å²) < 4.78 is 0. The predicted octanol–water partition coefficient (Wildman–Crippen LogP) is 3.75. The molecule has 0 heterocycles. The number of rotatable bonds is 5. The Morgan fingerprint density at radius 2 is 1.56 bits per heavy atom. The SMILES string of the molecule is O=C(O)[C@@H](SCc1ccccc1)c1ccccc1. The Balaban J connectivity index is 2.06. The van der Waals surface area contributed by atoms with Gasteiger partial charge in [0.1, 0.15) is 5.25 Å². The van der Waals surface area contributed by atoms with E-state index in [1.54, 1.807) is 0 Å². The Morgan fingerprint density at radius 3 is 2.11 bits per heavy atom. The fourth-order valence-corrected chi connectivity index (χ4v) is 2.74. The predicted molar refractivity (Wildman–Crippen MR) is 74.6 cm³/mol. The zero-order chi connectivity index (χ0) is 12.8. The molecule has 2 aromatic carbocycles. The summed E-state index contributed by atoms with van der Waals surface area (Å²) in [6, 6.07) is 19.3. The van der Waals surface area contributed by atoms with E-state index in [0.29, 0.717) is 5.75 Å². The van der Waals surface area contributed by atoms with Crippen LogP contribution in [-0.4, -0.2) is 11.1 Å². The van der Waals surface area contributed by atoms with Crippen molar-refractivity contribution in [1.82, 2.24) is 0 Å². The van der Waals surface area contributed by atoms with Gasteiger partial charge in [0.2, 0.25) is 0 Å². The maximum absolute atomic E-state index is 11.3. The first-order valence-electron chi connectivity index (χ1n) is 5.70. The molecule has 2 rings (SSSR count). The number of hydrogen-bond donors (Lipinski definition) is 1. The van der Waals surface area contributed by atoms with Crippen molar-refractivity contribution in [1.29, 1.82) is 0 Å². The number of carboxylic acid groups (broad SMARTS) is 1. The van der Waals surface area contributed by atoms with Crippen LogP contribution in [0.5, 0.6) is 0 Å². The number of aliphatic carboxylic acids is 1. The van der Waals surface area contributed by atoms with Gasteiger partial charge < -0.3 is 5.11 Å². The van der Waals surface area contributed by atoms with Gasteiger partial charge in [-0.3, -0.25) is 4.79 Å². The van der Waals surface area contributed by atoms with Crippen LogP contribution in [0.1, 0.15) is 16.4 Å². The van der Waals surface area contributed by atoms with Crippen LogP contribution < -0.4 is 0 Å². The lowest BCUT2D eigenvalue weighted by molar-refractivity contribution is -0.136. The standard InChI is InChI=1S/C15H14O2S/c16-15(17)14(13-9-5-2-6-10-13)18-11-12-7-3-1-4-8-12/h1-10,14H,11H2,(H,16,17)/t14-/m0/s1. The first kappa shape index (κ1) is 12.7. The zero-order valence-electron chi connectivity index (χ0n) is 9.82. The molecule has 0 amide bonds. The highest BCUT2D eigenvalue weighted by Gasteiger charge is 2.19. The highest BCUT2D eigenvalue weighted by atomic mass is 32.2. The fourth-order valence-electron chi connectivity index (χ4n) is 1.69. The van der Waals surface area contributed by atoms with Crippen LogP contribution in [0, 0.1) is 0 Å². The summed E-state index contributed by atoms with van der Waals surface area (Å²) in [5.41, 5.74) is 1.98. The van der Waals surface area contributed by atoms with E-state index in [1.807, 2.05) is 60.7 Å². The molecule has 0 aliphatic heterocycles. The van der Waals surface area contributed by atoms with Crippen molar-refractivity contribution in [2.24, 2.45) is 0 Å². The zero-order valence-corrected chi connectivity index (χ0v) is 10.6. The maximum atomic E-state index is 11.3. The van der Waals surface area contributed by atoms with Gasteiger partial charge in [-0.2, -0.15) is 0 Å². The van der Waals surface area contributed by atoms with E-state index in [0.717, 1.165) is 11.1 Å². The normalized spacial score (nSPS) is 12.0. The van der Waals surface area contributed by atoms with E-state index in [-0.39, 0.29) is 0 Å². The molecule has 0 fully saturated rings. The molecule has 92 valence electrons. The number of carboxylic acids is 1. The third-order valence-corrected chi connectivity index (χ3v) is 3.89. The highest BCUT2D eigenvalue weighted by Crippen LogP contribution is 2.31. The second-order valence-electron chi connectivity index (χ2n) is 3.93. The van der Waals surface area contributed by atoms with Gasteiger partial charge in [0.15, 0.2) is 0 Å². The van der Waals surface area contributed by atoms with E-state index in [4.69, 9.17) is 0 Å². The molecule has 0 saturated carbocycles. The van der Waals surface area contributed by atoms with Crippen LogP contribution in [0.25, 0.3) is 0 Å². The van der Waals surface area contributed by atoms with Crippen LogP contribution in [0.2, 0.25) is 0 Å². The summed E-state index contributed by atoms with van der Waals surface area (Å²) in [5.74, 6) is -0.0886. The molecule has 0 aliphatic rings. The quantitative estimate of drug-likeness (QED) is 0.887. The minimum absolute atomic E-state index is 0.508. The maximum Gasteiger partial charge on any atom is 0.321 e. The van der Waals surface area contributed by atoms with Gasteiger partial charge in [-0.05, 0) is 11.1 Å². The average Bonchev–Trinajstić information content (AvgIpc) is 2.41. The molecule has 0 bridgehead atoms. The Bertz CT molecular complexity index is 496. The second kappa shape index (κ2) is 6.26. The number of hydrogen-bond acceptors (Lipinski definition) is 2. The van der Waals surface area contributed by atoms with E-state index in [2.05, 4.69) is 0 Å². The van der Waals surface area contributed by atoms with E-state index >= 15 is 0 Å². The lowest BCUT2D eigenvalue weighted by Crippen LogP contribution is -2.08. The smallest absolute Gasteiger partial charge is 0.321 e. The first-order chi connectivity index (χ1) is 8.77. The molecule has 2 nitrogen and oxygen atoms in total. The monoisotopic (exact) mass is 258 g/mol. The van der Waals surface area contributed by atoms with Gasteiger partial charge in [0.25, 0.3) is 0 Å². The Morgan fingerprint density at radius 1 is 1.00 bits per heavy atom. The van der Waals surface area contributed by atoms with Gasteiger partial charge in [-0.15, -0.1) is 11.8 Å². The lowest BCUT2D eigenvalue weighted by atomic mass is 10.1. The Labute approximate surface area is 111 Å². The molecule has 0 aliphatic carbocycles. The summed E-state index contributed by atoms with van der Waals surface area (Å²) in [5, 5.41) is 8.78. The van der Waals surface area contributed by atoms with Gasteiger partial charge in [-0.1, -0.05) is 60.7 Å². The molecule has 18 heavy (non-hydrogen) atoms. The molecule has 1 atom stereocenters. The Kier molecular flexibility index (Phi) is 4.42. The van der Waals surface area contributed by atoms with Gasteiger partial charge in [0, 0.05) is 5.75 Å². The lowest BCUT2D eigenvalue weighted by Gasteiger charge is -2.12. The van der Waals surface area contributed by atoms with Crippen molar-refractivity contribution in [2.75, 3.05) is 0 Å². The van der Waals surface area contributed by atoms with Crippen LogP contribution in [0.3, 0.4) is 0 Å². The van der Waals surface area contributed by atoms with E-state index < -0.39 is 11.2 Å². The summed E-state index contributed by atoms with van der Waals surface area (Å²) in [4.78, 5) is 11.3. The third-order valence-electron chi connectivity index (χ3n) is 2.59. The molecule has 0 saturated heterocycles. The van der Waals surface area contributed by atoms with Gasteiger partial charge in [0.05, 0.1) is 0 Å². The minimum atomic E-state index is -0.790. The molecule has 3 heteroatoms. The molecule has 0 unspecified atom stereocenters. The number of thioether (sulfide) groups is 1. The summed E-state index contributed by atoms with van der Waals surface area (Å²) in [6.07, 6.45) is 0. The molecule has 0 aromatic heterocycles. The molecular weight excluding hydrogens is 244 g/mol. The minimum Gasteiger partial charge on any atom is -0.480 e. The summed E-state index contributed by atoms with van der Waals surface area (Å²) in [6.45, 7) is 0. The average molecular weight is 258 g/mol. The van der Waals surface area contributed by atoms with Crippen molar-refractivity contribution in [2.45, 2.75) is 11.0 Å². The van der Waals surface area contributed by atoms with Crippen molar-refractivity contribution in [3.8, 4) is 0 Å². The van der Waals surface area contributed by atoms with Crippen molar-refractivity contribution < 1.29 is 9.90 Å². The topological polar surface area (TPSA) is 37.3 Å². The largest absolute Gasteiger partial charge is 0.480 e. The van der Waals surface area contributed by atoms with Crippen molar-refractivity contribution >= 4 is 17.7 Å². The molecule has 0 spiro atoms. The molecule has 0 radical (unpaired) electrons. The second-order valence-corrected chi connectivity index (χ2v) is 5.02. The van der Waals surface area contributed by atoms with Crippen molar-refractivity contribution in [3.63, 3.8) is 0 Å². The Hall–Kier alpha value is -1.74. The van der Waals surface area contributed by atoms with Crippen LogP contribution in [-0.2, 0) is 10.5 Å². The molecule has 2 aromatic rings. The highest BCUT2D eigenvalue weighted by molar-refractivity contribution is 7.99. The van der Waals surface area contributed by atoms with Crippen LogP contribution in [0.15, 0.2) is 60.7 Å². The molecular formula is C15H14O2S. The summed E-state index contributed by atoms with van der Waals surface area (Å²) >= 11 is 1.44. The van der Waals surface area contributed by atoms with Gasteiger partial charge >= 0.3 is 5.97 Å². The number of carbonyl (C=O) groups is 1. The van der Waals surface area contributed by atoms with Gasteiger partial charge in [-0.25, -0.2) is 0 Å².